The fourth-order valence-electron chi connectivity index (χ4n) is 3.56. The summed E-state index contributed by atoms with van der Waals surface area (Å²) in [5.41, 5.74) is 3.38. The minimum atomic E-state index is -1.11. The molecule has 4 nitrogen and oxygen atoms in total. The maximum atomic E-state index is 11.8. The summed E-state index contributed by atoms with van der Waals surface area (Å²) in [4.78, 5) is 11.8. The summed E-state index contributed by atoms with van der Waals surface area (Å²) in [6, 6.07) is 7.76. The average Bonchev–Trinajstić information content (AvgIpc) is 2.51. The van der Waals surface area contributed by atoms with Crippen molar-refractivity contribution in [3.63, 3.8) is 0 Å². The van der Waals surface area contributed by atoms with E-state index in [4.69, 9.17) is 4.74 Å². The van der Waals surface area contributed by atoms with Crippen molar-refractivity contribution in [2.24, 2.45) is 0 Å². The zero-order chi connectivity index (χ0) is 18.4. The molecule has 0 spiro atoms. The largest absolute Gasteiger partial charge is 0.506 e. The normalized spacial score (nSPS) is 14.4. The van der Waals surface area contributed by atoms with Crippen LogP contribution in [0.1, 0.15) is 60.7 Å². The van der Waals surface area contributed by atoms with Gasteiger partial charge in [0, 0.05) is 5.56 Å². The number of ether oxygens (including phenoxy) is 1. The molecule has 0 fully saturated rings. The second-order valence-corrected chi connectivity index (χ2v) is 7.20. The molecule has 2 aromatic rings. The van der Waals surface area contributed by atoms with Crippen molar-refractivity contribution in [2.75, 3.05) is 0 Å². The van der Waals surface area contributed by atoms with Crippen molar-refractivity contribution in [2.45, 2.75) is 52.6 Å². The number of carboxylic acid groups (broad SMARTS) is 1. The Bertz CT molecular complexity index is 849. The van der Waals surface area contributed by atoms with Crippen molar-refractivity contribution < 1.29 is 19.7 Å². The molecule has 1 heterocycles. The zero-order valence-corrected chi connectivity index (χ0v) is 15.1. The number of carbonyl (C=O) groups is 1. The molecule has 1 aliphatic heterocycles. The molecule has 0 radical (unpaired) electrons. The maximum Gasteiger partial charge on any atom is 0.339 e. The van der Waals surface area contributed by atoms with E-state index < -0.39 is 11.6 Å². The first-order valence-corrected chi connectivity index (χ1v) is 8.69. The van der Waals surface area contributed by atoms with Crippen LogP contribution in [0.15, 0.2) is 24.3 Å². The number of aromatic hydroxyl groups is 1. The highest BCUT2D eigenvalue weighted by Crippen LogP contribution is 2.51. The van der Waals surface area contributed by atoms with E-state index in [9.17, 15) is 15.0 Å². The van der Waals surface area contributed by atoms with Crippen LogP contribution in [0.3, 0.4) is 0 Å². The molecular formula is C21H24O4. The molecule has 0 aromatic heterocycles. The lowest BCUT2D eigenvalue weighted by atomic mass is 9.83. The van der Waals surface area contributed by atoms with Gasteiger partial charge in [0.15, 0.2) is 0 Å². The minimum Gasteiger partial charge on any atom is -0.506 e. The molecule has 1 aliphatic rings. The van der Waals surface area contributed by atoms with Gasteiger partial charge >= 0.3 is 5.97 Å². The van der Waals surface area contributed by atoms with Crippen LogP contribution in [-0.2, 0) is 12.0 Å². The molecule has 132 valence electrons. The Morgan fingerprint density at radius 2 is 1.96 bits per heavy atom. The lowest BCUT2D eigenvalue weighted by molar-refractivity contribution is 0.0692. The van der Waals surface area contributed by atoms with Crippen LogP contribution in [0.5, 0.6) is 11.5 Å². The maximum absolute atomic E-state index is 11.8. The first-order valence-electron chi connectivity index (χ1n) is 8.69. The summed E-state index contributed by atoms with van der Waals surface area (Å²) in [5.74, 6) is -0.749. The van der Waals surface area contributed by atoms with Crippen LogP contribution < -0.4 is 4.74 Å². The fraction of sp³-hybridized carbons (Fsp3) is 0.381. The molecule has 0 saturated heterocycles. The Hall–Kier alpha value is -2.49. The van der Waals surface area contributed by atoms with E-state index in [-0.39, 0.29) is 11.3 Å². The van der Waals surface area contributed by atoms with E-state index in [1.165, 1.54) is 0 Å². The van der Waals surface area contributed by atoms with E-state index in [0.717, 1.165) is 29.5 Å². The number of hydrogen-bond acceptors (Lipinski definition) is 3. The number of hydrogen-bond donors (Lipinski definition) is 2. The van der Waals surface area contributed by atoms with Crippen molar-refractivity contribution in [1.29, 1.82) is 0 Å². The number of carboxylic acids is 1. The molecule has 25 heavy (non-hydrogen) atoms. The first-order chi connectivity index (χ1) is 11.8. The lowest BCUT2D eigenvalue weighted by Crippen LogP contribution is -2.29. The molecule has 2 N–H and O–H groups in total. The molecule has 3 rings (SSSR count). The van der Waals surface area contributed by atoms with Gasteiger partial charge in [0.1, 0.15) is 22.7 Å². The molecule has 0 bridgehead atoms. The Balaban J connectivity index is 2.32. The summed E-state index contributed by atoms with van der Waals surface area (Å²) in [7, 11) is 0. The van der Waals surface area contributed by atoms with E-state index in [2.05, 4.69) is 6.92 Å². The number of aryl methyl sites for hydroxylation is 2. The summed E-state index contributed by atoms with van der Waals surface area (Å²) in [6.07, 6.45) is 2.41. The molecule has 0 amide bonds. The predicted molar refractivity (Wildman–Crippen MR) is 97.5 cm³/mol. The van der Waals surface area contributed by atoms with Gasteiger partial charge < -0.3 is 14.9 Å². The van der Waals surface area contributed by atoms with Gasteiger partial charge in [-0.15, -0.1) is 0 Å². The Kier molecular flexibility index (Phi) is 4.23. The zero-order valence-electron chi connectivity index (χ0n) is 15.1. The number of benzene rings is 2. The summed E-state index contributed by atoms with van der Waals surface area (Å²) in [5, 5.41) is 20.5. The molecule has 0 unspecified atom stereocenters. The van der Waals surface area contributed by atoms with E-state index >= 15 is 0 Å². The summed E-state index contributed by atoms with van der Waals surface area (Å²) >= 11 is 0. The second kappa shape index (κ2) is 6.10. The Labute approximate surface area is 148 Å². The van der Waals surface area contributed by atoms with Gasteiger partial charge in [0.05, 0.1) is 5.56 Å². The smallest absolute Gasteiger partial charge is 0.339 e. The average molecular weight is 340 g/mol. The molecule has 4 heteroatoms. The third-order valence-corrected chi connectivity index (χ3v) is 4.82. The Morgan fingerprint density at radius 1 is 1.24 bits per heavy atom. The third kappa shape index (κ3) is 2.86. The van der Waals surface area contributed by atoms with Gasteiger partial charge in [-0.05, 0) is 50.8 Å². The van der Waals surface area contributed by atoms with Gasteiger partial charge in [0.2, 0.25) is 0 Å². The van der Waals surface area contributed by atoms with Crippen LogP contribution in [0.2, 0.25) is 0 Å². The highest BCUT2D eigenvalue weighted by molar-refractivity contribution is 5.98. The van der Waals surface area contributed by atoms with Crippen LogP contribution in [0.25, 0.3) is 11.1 Å². The summed E-state index contributed by atoms with van der Waals surface area (Å²) < 4.78 is 6.17. The monoisotopic (exact) mass is 340 g/mol. The molecule has 2 aromatic carbocycles. The standard InChI is InChI=1S/C21H24O4/c1-5-6-7-13-11-16-18(19(22)17(13)20(23)24)14-10-12(2)8-9-15(14)21(3,4)25-16/h8-11,22H,5-7H2,1-4H3,(H,23,24). The van der Waals surface area contributed by atoms with Gasteiger partial charge in [-0.3, -0.25) is 0 Å². The molecule has 0 atom stereocenters. The SMILES string of the molecule is CCCCc1cc2c(c(O)c1C(=O)O)-c1cc(C)ccc1C(C)(C)O2. The van der Waals surface area contributed by atoms with Gasteiger partial charge in [0.25, 0.3) is 0 Å². The highest BCUT2D eigenvalue weighted by atomic mass is 16.5. The van der Waals surface area contributed by atoms with E-state index in [0.29, 0.717) is 23.3 Å². The predicted octanol–water partition coefficient (Wildman–Crippen LogP) is 5.04. The van der Waals surface area contributed by atoms with Crippen molar-refractivity contribution in [1.82, 2.24) is 0 Å². The topological polar surface area (TPSA) is 66.8 Å². The quantitative estimate of drug-likeness (QED) is 0.818. The van der Waals surface area contributed by atoms with Crippen LogP contribution in [0.4, 0.5) is 0 Å². The molecule has 0 saturated carbocycles. The summed E-state index contributed by atoms with van der Waals surface area (Å²) in [6.45, 7) is 8.00. The number of unbranched alkanes of at least 4 members (excludes halogenated alkanes) is 1. The number of aromatic carboxylic acids is 1. The highest BCUT2D eigenvalue weighted by Gasteiger charge is 2.36. The van der Waals surface area contributed by atoms with Gasteiger partial charge in [-0.2, -0.15) is 0 Å². The second-order valence-electron chi connectivity index (χ2n) is 7.20. The van der Waals surface area contributed by atoms with Crippen LogP contribution in [-0.4, -0.2) is 16.2 Å². The van der Waals surface area contributed by atoms with Crippen molar-refractivity contribution in [3.05, 3.63) is 46.5 Å². The minimum absolute atomic E-state index is 0.0111. The van der Waals surface area contributed by atoms with Gasteiger partial charge in [-0.25, -0.2) is 4.79 Å². The van der Waals surface area contributed by atoms with E-state index in [1.807, 2.05) is 39.0 Å². The number of fused-ring (bicyclic) bond motifs is 3. The molecular weight excluding hydrogens is 316 g/mol. The number of rotatable bonds is 4. The van der Waals surface area contributed by atoms with Crippen LogP contribution in [0, 0.1) is 6.92 Å². The third-order valence-electron chi connectivity index (χ3n) is 4.82. The van der Waals surface area contributed by atoms with Crippen LogP contribution >= 0.6 is 0 Å². The molecule has 0 aliphatic carbocycles. The number of phenols is 1. The lowest BCUT2D eigenvalue weighted by Gasteiger charge is -2.36. The van der Waals surface area contributed by atoms with E-state index in [1.54, 1.807) is 6.07 Å². The Morgan fingerprint density at radius 3 is 2.60 bits per heavy atom. The first kappa shape index (κ1) is 17.3. The van der Waals surface area contributed by atoms with Crippen molar-refractivity contribution >= 4 is 5.97 Å². The van der Waals surface area contributed by atoms with Gasteiger partial charge in [-0.1, -0.05) is 37.1 Å². The fourth-order valence-corrected chi connectivity index (χ4v) is 3.56. The van der Waals surface area contributed by atoms with Crippen molar-refractivity contribution in [3.8, 4) is 22.6 Å².